The third-order valence-electron chi connectivity index (χ3n) is 3.72. The maximum atomic E-state index is 12.2. The first kappa shape index (κ1) is 19.4. The SMILES string of the molecule is CCOCCOCC(=O)N(C)CC(=O)N1CCCC(C(=O)O)C1. The summed E-state index contributed by atoms with van der Waals surface area (Å²) in [6, 6.07) is 0. The number of likely N-dealkylation sites (N-methyl/N-ethyl adjacent to an activating group) is 1. The quantitative estimate of drug-likeness (QED) is 0.589. The summed E-state index contributed by atoms with van der Waals surface area (Å²) in [6.45, 7) is 3.80. The van der Waals surface area contributed by atoms with Gasteiger partial charge in [0.15, 0.2) is 0 Å². The summed E-state index contributed by atoms with van der Waals surface area (Å²) in [5.41, 5.74) is 0. The number of rotatable bonds is 9. The second-order valence-corrected chi connectivity index (χ2v) is 5.52. The molecule has 1 unspecified atom stereocenters. The molecule has 0 saturated carbocycles. The highest BCUT2D eigenvalue weighted by atomic mass is 16.5. The second-order valence-electron chi connectivity index (χ2n) is 5.52. The molecular formula is C15H26N2O6. The number of hydrogen-bond acceptors (Lipinski definition) is 5. The molecule has 1 aliphatic heterocycles. The Hall–Kier alpha value is -1.67. The molecule has 8 nitrogen and oxygen atoms in total. The molecule has 1 saturated heterocycles. The van der Waals surface area contributed by atoms with Gasteiger partial charge in [0, 0.05) is 26.7 Å². The molecule has 0 bridgehead atoms. The van der Waals surface area contributed by atoms with Crippen LogP contribution in [-0.4, -0.2) is 85.8 Å². The third-order valence-corrected chi connectivity index (χ3v) is 3.72. The van der Waals surface area contributed by atoms with Crippen LogP contribution in [0.1, 0.15) is 19.8 Å². The molecule has 2 amide bonds. The summed E-state index contributed by atoms with van der Waals surface area (Å²) in [5, 5.41) is 9.04. The lowest BCUT2D eigenvalue weighted by atomic mass is 9.98. The smallest absolute Gasteiger partial charge is 0.308 e. The van der Waals surface area contributed by atoms with Crippen molar-refractivity contribution in [1.82, 2.24) is 9.80 Å². The van der Waals surface area contributed by atoms with E-state index in [4.69, 9.17) is 14.6 Å². The Balaban J connectivity index is 2.31. The molecule has 0 spiro atoms. The predicted molar refractivity (Wildman–Crippen MR) is 81.9 cm³/mol. The molecule has 1 atom stereocenters. The van der Waals surface area contributed by atoms with Gasteiger partial charge in [-0.1, -0.05) is 0 Å². The van der Waals surface area contributed by atoms with E-state index in [1.165, 1.54) is 16.8 Å². The first-order valence-corrected chi connectivity index (χ1v) is 7.85. The van der Waals surface area contributed by atoms with Gasteiger partial charge in [0.25, 0.3) is 0 Å². The highest BCUT2D eigenvalue weighted by Gasteiger charge is 2.28. The molecule has 0 radical (unpaired) electrons. The summed E-state index contributed by atoms with van der Waals surface area (Å²) in [4.78, 5) is 37.9. The summed E-state index contributed by atoms with van der Waals surface area (Å²) in [6.07, 6.45) is 1.25. The lowest BCUT2D eigenvalue weighted by molar-refractivity contribution is -0.148. The molecule has 0 aromatic carbocycles. The van der Waals surface area contributed by atoms with E-state index in [0.29, 0.717) is 39.2 Å². The van der Waals surface area contributed by atoms with Crippen LogP contribution in [0.15, 0.2) is 0 Å². The van der Waals surface area contributed by atoms with Crippen molar-refractivity contribution in [3.63, 3.8) is 0 Å². The molecule has 0 aliphatic carbocycles. The van der Waals surface area contributed by atoms with Crippen molar-refractivity contribution in [2.24, 2.45) is 5.92 Å². The normalized spacial score (nSPS) is 17.8. The van der Waals surface area contributed by atoms with Crippen LogP contribution in [0.4, 0.5) is 0 Å². The second kappa shape index (κ2) is 10.2. The molecule has 23 heavy (non-hydrogen) atoms. The average Bonchev–Trinajstić information content (AvgIpc) is 2.54. The van der Waals surface area contributed by atoms with Gasteiger partial charge in [-0.05, 0) is 19.8 Å². The van der Waals surface area contributed by atoms with Crippen LogP contribution in [0.2, 0.25) is 0 Å². The zero-order valence-electron chi connectivity index (χ0n) is 13.8. The summed E-state index contributed by atoms with van der Waals surface area (Å²) >= 11 is 0. The Morgan fingerprint density at radius 1 is 1.26 bits per heavy atom. The number of amides is 2. The van der Waals surface area contributed by atoms with Crippen molar-refractivity contribution in [1.29, 1.82) is 0 Å². The Labute approximate surface area is 136 Å². The minimum Gasteiger partial charge on any atom is -0.481 e. The number of ether oxygens (including phenoxy) is 2. The Morgan fingerprint density at radius 2 is 1.96 bits per heavy atom. The molecule has 0 aromatic rings. The van der Waals surface area contributed by atoms with Gasteiger partial charge >= 0.3 is 5.97 Å². The molecule has 1 rings (SSSR count). The first-order chi connectivity index (χ1) is 11.0. The van der Waals surface area contributed by atoms with Gasteiger partial charge in [-0.3, -0.25) is 14.4 Å². The number of hydrogen-bond donors (Lipinski definition) is 1. The van der Waals surface area contributed by atoms with Crippen molar-refractivity contribution in [3.05, 3.63) is 0 Å². The first-order valence-electron chi connectivity index (χ1n) is 7.85. The number of carbonyl (C=O) groups is 3. The number of aliphatic carboxylic acids is 1. The third kappa shape index (κ3) is 6.96. The number of piperidine rings is 1. The van der Waals surface area contributed by atoms with Crippen LogP contribution < -0.4 is 0 Å². The Kier molecular flexibility index (Phi) is 8.57. The zero-order chi connectivity index (χ0) is 17.2. The number of carbonyl (C=O) groups excluding carboxylic acids is 2. The minimum atomic E-state index is -0.880. The van der Waals surface area contributed by atoms with Gasteiger partial charge in [-0.25, -0.2) is 0 Å². The number of likely N-dealkylation sites (tertiary alicyclic amines) is 1. The fourth-order valence-corrected chi connectivity index (χ4v) is 2.33. The Morgan fingerprint density at radius 3 is 2.61 bits per heavy atom. The van der Waals surface area contributed by atoms with Crippen LogP contribution in [-0.2, 0) is 23.9 Å². The van der Waals surface area contributed by atoms with Crippen molar-refractivity contribution in [2.45, 2.75) is 19.8 Å². The highest BCUT2D eigenvalue weighted by Crippen LogP contribution is 2.16. The van der Waals surface area contributed by atoms with Crippen LogP contribution in [0.3, 0.4) is 0 Å². The zero-order valence-corrected chi connectivity index (χ0v) is 13.8. The molecule has 1 heterocycles. The van der Waals surface area contributed by atoms with E-state index >= 15 is 0 Å². The van der Waals surface area contributed by atoms with Crippen LogP contribution in [0, 0.1) is 5.92 Å². The molecular weight excluding hydrogens is 304 g/mol. The van der Waals surface area contributed by atoms with Crippen molar-refractivity contribution >= 4 is 17.8 Å². The Bertz CT molecular complexity index is 415. The highest BCUT2D eigenvalue weighted by molar-refractivity contribution is 5.85. The van der Waals surface area contributed by atoms with E-state index in [1.54, 1.807) is 0 Å². The molecule has 0 aromatic heterocycles. The fourth-order valence-electron chi connectivity index (χ4n) is 2.33. The van der Waals surface area contributed by atoms with Gasteiger partial charge < -0.3 is 24.4 Å². The van der Waals surface area contributed by atoms with Crippen LogP contribution in [0.5, 0.6) is 0 Å². The number of carboxylic acid groups (broad SMARTS) is 1. The predicted octanol–water partition coefficient (Wildman–Crippen LogP) is -0.179. The van der Waals surface area contributed by atoms with E-state index in [9.17, 15) is 14.4 Å². The van der Waals surface area contributed by atoms with Gasteiger partial charge in [0.2, 0.25) is 11.8 Å². The molecule has 132 valence electrons. The minimum absolute atomic E-state index is 0.0695. The lowest BCUT2D eigenvalue weighted by Gasteiger charge is -2.32. The summed E-state index contributed by atoms with van der Waals surface area (Å²) < 4.78 is 10.3. The summed E-state index contributed by atoms with van der Waals surface area (Å²) in [7, 11) is 1.53. The average molecular weight is 330 g/mol. The number of carboxylic acids is 1. The maximum absolute atomic E-state index is 12.2. The van der Waals surface area contributed by atoms with E-state index in [2.05, 4.69) is 0 Å². The largest absolute Gasteiger partial charge is 0.481 e. The van der Waals surface area contributed by atoms with Gasteiger partial charge in [-0.15, -0.1) is 0 Å². The van der Waals surface area contributed by atoms with Gasteiger partial charge in [0.1, 0.15) is 6.61 Å². The van der Waals surface area contributed by atoms with Crippen molar-refractivity contribution < 1.29 is 29.0 Å². The molecule has 1 fully saturated rings. The van der Waals surface area contributed by atoms with Crippen molar-refractivity contribution in [2.75, 3.05) is 53.1 Å². The maximum Gasteiger partial charge on any atom is 0.308 e. The standard InChI is InChI=1S/C15H26N2O6/c1-3-22-7-8-23-11-14(19)16(2)10-13(18)17-6-4-5-12(9-17)15(20)21/h12H,3-11H2,1-2H3,(H,20,21). The van der Waals surface area contributed by atoms with E-state index in [-0.39, 0.29) is 31.5 Å². The lowest BCUT2D eigenvalue weighted by Crippen LogP contribution is -2.47. The van der Waals surface area contributed by atoms with Gasteiger partial charge in [0.05, 0.1) is 25.7 Å². The molecule has 1 N–H and O–H groups in total. The van der Waals surface area contributed by atoms with E-state index < -0.39 is 11.9 Å². The number of nitrogens with zero attached hydrogens (tertiary/aromatic N) is 2. The van der Waals surface area contributed by atoms with E-state index in [0.717, 1.165) is 0 Å². The van der Waals surface area contributed by atoms with Gasteiger partial charge in [-0.2, -0.15) is 0 Å². The topological polar surface area (TPSA) is 96.4 Å². The van der Waals surface area contributed by atoms with Crippen molar-refractivity contribution in [3.8, 4) is 0 Å². The molecule has 8 heteroatoms. The van der Waals surface area contributed by atoms with Crippen LogP contribution >= 0.6 is 0 Å². The fraction of sp³-hybridized carbons (Fsp3) is 0.800. The molecule has 1 aliphatic rings. The monoisotopic (exact) mass is 330 g/mol. The van der Waals surface area contributed by atoms with Crippen LogP contribution in [0.25, 0.3) is 0 Å². The van der Waals surface area contributed by atoms with E-state index in [1.807, 2.05) is 6.92 Å². The summed E-state index contributed by atoms with van der Waals surface area (Å²) in [5.74, 6) is -1.92.